The number of aromatic amines is 1. The highest BCUT2D eigenvalue weighted by atomic mass is 19.4. The first kappa shape index (κ1) is 21.1. The SMILES string of the molecule is Cn1cc(-c2nnc(C(=O)N3CCc4[nH]cnc4[C@@H]3c3cc4cccc(C(F)(F)F)n4n3)o2)cn1. The molecule has 0 fully saturated rings. The number of H-pyrrole nitrogens is 1. The minimum Gasteiger partial charge on any atom is -0.412 e. The van der Waals surface area contributed by atoms with E-state index in [-0.39, 0.29) is 29.5 Å². The van der Waals surface area contributed by atoms with E-state index in [0.29, 0.717) is 17.7 Å². The third-order valence-electron chi connectivity index (χ3n) is 5.82. The number of alkyl halides is 3. The van der Waals surface area contributed by atoms with Gasteiger partial charge in [0.2, 0.25) is 0 Å². The quantitative estimate of drug-likeness (QED) is 0.419. The van der Waals surface area contributed by atoms with Crippen LogP contribution in [0.25, 0.3) is 17.0 Å². The topological polar surface area (TPSA) is 123 Å². The van der Waals surface area contributed by atoms with Gasteiger partial charge < -0.3 is 14.3 Å². The van der Waals surface area contributed by atoms with Gasteiger partial charge in [-0.15, -0.1) is 10.2 Å². The molecular formula is C21H16F3N9O2. The molecule has 0 saturated heterocycles. The second-order valence-corrected chi connectivity index (χ2v) is 8.05. The Kier molecular flexibility index (Phi) is 4.52. The number of aromatic nitrogens is 8. The van der Waals surface area contributed by atoms with Gasteiger partial charge in [-0.05, 0) is 18.2 Å². The van der Waals surface area contributed by atoms with E-state index in [1.54, 1.807) is 17.9 Å². The molecule has 1 atom stereocenters. The Hall–Kier alpha value is -4.49. The highest BCUT2D eigenvalue weighted by Crippen LogP contribution is 2.36. The Morgan fingerprint density at radius 3 is 2.89 bits per heavy atom. The third kappa shape index (κ3) is 3.45. The van der Waals surface area contributed by atoms with E-state index in [9.17, 15) is 18.0 Å². The maximum Gasteiger partial charge on any atom is 0.433 e. The van der Waals surface area contributed by atoms with E-state index >= 15 is 0 Å². The van der Waals surface area contributed by atoms with Crippen LogP contribution >= 0.6 is 0 Å². The molecule has 5 aromatic rings. The van der Waals surface area contributed by atoms with Crippen molar-refractivity contribution in [2.75, 3.05) is 6.54 Å². The maximum absolute atomic E-state index is 13.6. The van der Waals surface area contributed by atoms with Crippen LogP contribution in [0.3, 0.4) is 0 Å². The Bertz CT molecular complexity index is 1560. The van der Waals surface area contributed by atoms with Crippen LogP contribution in [0.15, 0.2) is 47.4 Å². The van der Waals surface area contributed by atoms with Gasteiger partial charge in [0.25, 0.3) is 5.89 Å². The average molecular weight is 483 g/mol. The molecule has 0 spiro atoms. The Balaban J connectivity index is 1.42. The average Bonchev–Trinajstić information content (AvgIpc) is 3.62. The first-order valence-corrected chi connectivity index (χ1v) is 10.5. The molecule has 1 amide bonds. The predicted molar refractivity (Wildman–Crippen MR) is 112 cm³/mol. The van der Waals surface area contributed by atoms with Crippen LogP contribution in [-0.2, 0) is 19.6 Å². The van der Waals surface area contributed by atoms with Crippen LogP contribution in [0.4, 0.5) is 13.2 Å². The van der Waals surface area contributed by atoms with Crippen molar-refractivity contribution in [1.29, 1.82) is 0 Å². The molecule has 0 bridgehead atoms. The lowest BCUT2D eigenvalue weighted by molar-refractivity contribution is -0.142. The summed E-state index contributed by atoms with van der Waals surface area (Å²) >= 11 is 0. The molecule has 6 rings (SSSR count). The number of carbonyl (C=O) groups is 1. The summed E-state index contributed by atoms with van der Waals surface area (Å²) in [7, 11) is 1.73. The van der Waals surface area contributed by atoms with Crippen molar-refractivity contribution in [1.82, 2.24) is 44.5 Å². The summed E-state index contributed by atoms with van der Waals surface area (Å²) in [5, 5.41) is 16.1. The summed E-state index contributed by atoms with van der Waals surface area (Å²) in [4.78, 5) is 22.3. The summed E-state index contributed by atoms with van der Waals surface area (Å²) in [6.45, 7) is 0.239. The second kappa shape index (κ2) is 7.51. The van der Waals surface area contributed by atoms with Crippen molar-refractivity contribution < 1.29 is 22.4 Å². The molecule has 14 heteroatoms. The lowest BCUT2D eigenvalue weighted by Crippen LogP contribution is -2.41. The van der Waals surface area contributed by atoms with Gasteiger partial charge in [0.05, 0.1) is 35.0 Å². The Labute approximate surface area is 194 Å². The monoisotopic (exact) mass is 483 g/mol. The number of hydrogen-bond acceptors (Lipinski definition) is 7. The van der Waals surface area contributed by atoms with Crippen molar-refractivity contribution >= 4 is 11.4 Å². The normalized spacial score (nSPS) is 16.1. The van der Waals surface area contributed by atoms with Gasteiger partial charge in [-0.25, -0.2) is 9.50 Å². The van der Waals surface area contributed by atoms with E-state index in [1.165, 1.54) is 35.6 Å². The van der Waals surface area contributed by atoms with Crippen LogP contribution in [0.2, 0.25) is 0 Å². The van der Waals surface area contributed by atoms with Crippen molar-refractivity contribution in [3.05, 3.63) is 71.7 Å². The number of pyridine rings is 1. The molecular weight excluding hydrogens is 467 g/mol. The van der Waals surface area contributed by atoms with Crippen LogP contribution in [0, 0.1) is 0 Å². The number of rotatable bonds is 3. The Morgan fingerprint density at radius 2 is 2.11 bits per heavy atom. The fourth-order valence-electron chi connectivity index (χ4n) is 4.26. The number of fused-ring (bicyclic) bond motifs is 2. The lowest BCUT2D eigenvalue weighted by Gasteiger charge is -2.32. The van der Waals surface area contributed by atoms with Crippen molar-refractivity contribution in [3.8, 4) is 11.5 Å². The van der Waals surface area contributed by atoms with Gasteiger partial charge in [-0.1, -0.05) is 6.07 Å². The molecule has 5 aromatic heterocycles. The number of nitrogens with zero attached hydrogens (tertiary/aromatic N) is 8. The van der Waals surface area contributed by atoms with E-state index in [0.717, 1.165) is 16.3 Å². The van der Waals surface area contributed by atoms with Gasteiger partial charge in [0, 0.05) is 31.9 Å². The summed E-state index contributed by atoms with van der Waals surface area (Å²) < 4.78 is 48.6. The number of hydrogen-bond donors (Lipinski definition) is 1. The fraction of sp³-hybridized carbons (Fsp3) is 0.238. The number of halogens is 3. The van der Waals surface area contributed by atoms with Gasteiger partial charge in [0.15, 0.2) is 0 Å². The molecule has 0 radical (unpaired) electrons. The molecule has 1 N–H and O–H groups in total. The van der Waals surface area contributed by atoms with Crippen molar-refractivity contribution in [2.45, 2.75) is 18.6 Å². The largest absolute Gasteiger partial charge is 0.433 e. The Morgan fingerprint density at radius 1 is 1.26 bits per heavy atom. The number of amides is 1. The third-order valence-corrected chi connectivity index (χ3v) is 5.82. The van der Waals surface area contributed by atoms with Crippen molar-refractivity contribution in [2.24, 2.45) is 7.05 Å². The van der Waals surface area contributed by atoms with Gasteiger partial charge in [-0.2, -0.15) is 23.4 Å². The van der Waals surface area contributed by atoms with Crippen LogP contribution in [0.1, 0.15) is 39.5 Å². The zero-order chi connectivity index (χ0) is 24.3. The molecule has 1 aliphatic rings. The standard InChI is InChI=1S/C21H16F3N9O2/c1-31-9-11(8-27-31)18-28-29-19(35-18)20(34)32-6-5-13-16(26-10-25-13)17(32)14-7-12-3-2-4-15(21(22,23)24)33(12)30-14/h2-4,7-10,17H,5-6H2,1H3,(H,25,26)/t17-/m0/s1. The van der Waals surface area contributed by atoms with E-state index in [1.807, 2.05) is 0 Å². The van der Waals surface area contributed by atoms with Crippen LogP contribution in [0.5, 0.6) is 0 Å². The van der Waals surface area contributed by atoms with Crippen LogP contribution in [-0.4, -0.2) is 56.9 Å². The molecule has 0 unspecified atom stereocenters. The lowest BCUT2D eigenvalue weighted by atomic mass is 9.99. The number of nitrogens with one attached hydrogen (secondary N) is 1. The molecule has 35 heavy (non-hydrogen) atoms. The predicted octanol–water partition coefficient (Wildman–Crippen LogP) is 2.65. The first-order valence-electron chi connectivity index (χ1n) is 10.5. The highest BCUT2D eigenvalue weighted by molar-refractivity contribution is 5.90. The molecule has 11 nitrogen and oxygen atoms in total. The second-order valence-electron chi connectivity index (χ2n) is 8.05. The molecule has 178 valence electrons. The fourth-order valence-corrected chi connectivity index (χ4v) is 4.26. The summed E-state index contributed by atoms with van der Waals surface area (Å²) in [6, 6.07) is 4.44. The summed E-state index contributed by atoms with van der Waals surface area (Å²) in [6.07, 6.45) is 0.527. The summed E-state index contributed by atoms with van der Waals surface area (Å²) in [5.74, 6) is -0.718. The number of aryl methyl sites for hydroxylation is 1. The molecule has 0 saturated carbocycles. The molecule has 0 aromatic carbocycles. The van der Waals surface area contributed by atoms with E-state index < -0.39 is 23.8 Å². The van der Waals surface area contributed by atoms with E-state index in [2.05, 4.69) is 30.4 Å². The zero-order valence-electron chi connectivity index (χ0n) is 18.1. The van der Waals surface area contributed by atoms with Gasteiger partial charge in [0.1, 0.15) is 11.7 Å². The number of imidazole rings is 1. The minimum atomic E-state index is -4.60. The maximum atomic E-state index is 13.6. The molecule has 6 heterocycles. The summed E-state index contributed by atoms with van der Waals surface area (Å²) in [5.41, 5.74) is 1.36. The zero-order valence-corrected chi connectivity index (χ0v) is 18.1. The molecule has 1 aliphatic heterocycles. The van der Waals surface area contributed by atoms with Gasteiger partial charge in [-0.3, -0.25) is 9.48 Å². The van der Waals surface area contributed by atoms with Crippen molar-refractivity contribution in [3.63, 3.8) is 0 Å². The highest BCUT2D eigenvalue weighted by Gasteiger charge is 2.39. The minimum absolute atomic E-state index is 0.123. The van der Waals surface area contributed by atoms with Crippen LogP contribution < -0.4 is 0 Å². The molecule has 0 aliphatic carbocycles. The number of carbonyl (C=O) groups excluding carboxylic acids is 1. The smallest absolute Gasteiger partial charge is 0.412 e. The van der Waals surface area contributed by atoms with Gasteiger partial charge >= 0.3 is 18.0 Å². The first-order chi connectivity index (χ1) is 16.8. The van der Waals surface area contributed by atoms with E-state index in [4.69, 9.17) is 4.42 Å².